The predicted octanol–water partition coefficient (Wildman–Crippen LogP) is 2.17. The Kier molecular flexibility index (Phi) is 5.50. The summed E-state index contributed by atoms with van der Waals surface area (Å²) >= 11 is 0. The highest BCUT2D eigenvalue weighted by molar-refractivity contribution is 6.04. The van der Waals surface area contributed by atoms with Crippen LogP contribution < -0.4 is 26.4 Å². The van der Waals surface area contributed by atoms with Crippen molar-refractivity contribution in [3.63, 3.8) is 0 Å². The molecule has 3 atom stereocenters. The average molecular weight is 467 g/mol. The minimum Gasteiger partial charge on any atom is -0.321 e. The first kappa shape index (κ1) is 22.0. The van der Waals surface area contributed by atoms with Crippen LogP contribution in [0.25, 0.3) is 0 Å². The molecule has 0 saturated carbocycles. The molecule has 2 aliphatic rings. The van der Waals surface area contributed by atoms with Gasteiger partial charge < -0.3 is 10.6 Å². The van der Waals surface area contributed by atoms with Gasteiger partial charge in [0, 0.05) is 18.7 Å². The van der Waals surface area contributed by atoms with Crippen LogP contribution in [0.3, 0.4) is 0 Å². The largest absolute Gasteiger partial charge is 0.321 e. The standard InChI is InChI=1S/C23H23F2N7O2/c1-12-4-3-5-15(8-12)31-20-17(11-26-31)22(34)29-23(28-20)32-19(9-13(2)30-32)27-21(33)16-7-6-14(24)10-18(16)25/h3-10,17,20,23,26,28H,11H2,1-2H3,(H,27,33)(H,29,34). The maximum Gasteiger partial charge on any atom is 0.259 e. The van der Waals surface area contributed by atoms with E-state index >= 15 is 0 Å². The molecule has 2 saturated heterocycles. The highest BCUT2D eigenvalue weighted by Crippen LogP contribution is 2.28. The minimum atomic E-state index is -0.974. The number of hydrogen-bond donors (Lipinski definition) is 4. The van der Waals surface area contributed by atoms with Crippen LogP contribution in [-0.4, -0.2) is 34.3 Å². The highest BCUT2D eigenvalue weighted by atomic mass is 19.1. The van der Waals surface area contributed by atoms with Crippen LogP contribution in [0.1, 0.15) is 27.9 Å². The molecule has 3 heterocycles. The molecule has 11 heteroatoms. The third-order valence-corrected chi connectivity index (χ3v) is 5.88. The zero-order valence-corrected chi connectivity index (χ0v) is 18.5. The predicted molar refractivity (Wildman–Crippen MR) is 121 cm³/mol. The molecule has 176 valence electrons. The number of aryl methyl sites for hydroxylation is 2. The second-order valence-electron chi connectivity index (χ2n) is 8.39. The summed E-state index contributed by atoms with van der Waals surface area (Å²) in [5.74, 6) is -2.79. The maximum absolute atomic E-state index is 14.1. The topological polar surface area (TPSA) is 103 Å². The summed E-state index contributed by atoms with van der Waals surface area (Å²) in [6.07, 6.45) is -1.15. The van der Waals surface area contributed by atoms with E-state index in [-0.39, 0.29) is 29.4 Å². The summed E-state index contributed by atoms with van der Waals surface area (Å²) in [6.45, 7) is 4.18. The summed E-state index contributed by atoms with van der Waals surface area (Å²) in [7, 11) is 0. The van der Waals surface area contributed by atoms with Crippen LogP contribution in [0.15, 0.2) is 48.5 Å². The van der Waals surface area contributed by atoms with E-state index in [9.17, 15) is 18.4 Å². The Labute approximate surface area is 194 Å². The zero-order chi connectivity index (χ0) is 24.0. The van der Waals surface area contributed by atoms with Crippen molar-refractivity contribution in [1.82, 2.24) is 25.8 Å². The van der Waals surface area contributed by atoms with E-state index < -0.39 is 23.8 Å². The fraction of sp³-hybridized carbons (Fsp3) is 0.261. The van der Waals surface area contributed by atoms with E-state index in [1.54, 1.807) is 13.0 Å². The van der Waals surface area contributed by atoms with Crippen LogP contribution in [0.5, 0.6) is 0 Å². The second-order valence-corrected chi connectivity index (χ2v) is 8.39. The number of carbonyl (C=O) groups excluding carboxylic acids is 2. The Morgan fingerprint density at radius 1 is 1.15 bits per heavy atom. The van der Waals surface area contributed by atoms with Crippen molar-refractivity contribution in [1.29, 1.82) is 0 Å². The zero-order valence-electron chi connectivity index (χ0n) is 18.5. The number of amides is 2. The average Bonchev–Trinajstić information content (AvgIpc) is 3.37. The minimum absolute atomic E-state index is 0.175. The van der Waals surface area contributed by atoms with Gasteiger partial charge in [0.1, 0.15) is 23.6 Å². The van der Waals surface area contributed by atoms with Crippen molar-refractivity contribution in [2.24, 2.45) is 5.92 Å². The molecule has 1 aromatic heterocycles. The molecule has 9 nitrogen and oxygen atoms in total. The number of hydrazine groups is 1. The molecule has 3 unspecified atom stereocenters. The van der Waals surface area contributed by atoms with Gasteiger partial charge in [-0.2, -0.15) is 5.10 Å². The van der Waals surface area contributed by atoms with E-state index in [1.807, 2.05) is 36.2 Å². The number of benzene rings is 2. The number of anilines is 2. The van der Waals surface area contributed by atoms with Gasteiger partial charge in [-0.1, -0.05) is 12.1 Å². The molecule has 0 bridgehead atoms. The Balaban J connectivity index is 1.41. The second kappa shape index (κ2) is 8.50. The van der Waals surface area contributed by atoms with Crippen molar-refractivity contribution in [2.45, 2.75) is 26.3 Å². The molecular weight excluding hydrogens is 444 g/mol. The monoisotopic (exact) mass is 467 g/mol. The number of nitrogens with zero attached hydrogens (tertiary/aromatic N) is 3. The lowest BCUT2D eigenvalue weighted by Gasteiger charge is -2.37. The fourth-order valence-electron chi connectivity index (χ4n) is 4.28. The van der Waals surface area contributed by atoms with Gasteiger partial charge in [0.2, 0.25) is 5.91 Å². The van der Waals surface area contributed by atoms with Gasteiger partial charge in [-0.3, -0.25) is 19.9 Å². The van der Waals surface area contributed by atoms with Crippen molar-refractivity contribution in [2.75, 3.05) is 16.9 Å². The fourth-order valence-corrected chi connectivity index (χ4v) is 4.28. The number of fused-ring (bicyclic) bond motifs is 1. The van der Waals surface area contributed by atoms with E-state index in [4.69, 9.17) is 0 Å². The van der Waals surface area contributed by atoms with Gasteiger partial charge in [0.25, 0.3) is 5.91 Å². The lowest BCUT2D eigenvalue weighted by Crippen LogP contribution is -2.61. The van der Waals surface area contributed by atoms with Crippen LogP contribution in [0, 0.1) is 31.4 Å². The molecule has 2 fully saturated rings. The van der Waals surface area contributed by atoms with Gasteiger partial charge in [-0.05, 0) is 43.7 Å². The molecule has 2 amide bonds. The van der Waals surface area contributed by atoms with Crippen LogP contribution in [0.4, 0.5) is 20.3 Å². The molecule has 0 radical (unpaired) electrons. The van der Waals surface area contributed by atoms with Crippen molar-refractivity contribution in [3.05, 3.63) is 77.0 Å². The smallest absolute Gasteiger partial charge is 0.259 e. The van der Waals surface area contributed by atoms with Crippen molar-refractivity contribution < 1.29 is 18.4 Å². The summed E-state index contributed by atoms with van der Waals surface area (Å²) in [6, 6.07) is 12.2. The first-order valence-corrected chi connectivity index (χ1v) is 10.8. The van der Waals surface area contributed by atoms with Gasteiger partial charge in [-0.15, -0.1) is 0 Å². The Morgan fingerprint density at radius 3 is 2.74 bits per heavy atom. The number of hydrogen-bond acceptors (Lipinski definition) is 6. The molecule has 2 aliphatic heterocycles. The SMILES string of the molecule is Cc1cccc(N2NCC3C(=O)NC(n4nc(C)cc4NC(=O)c4ccc(F)cc4F)NC32)c1. The summed E-state index contributed by atoms with van der Waals surface area (Å²) in [5.41, 5.74) is 5.53. The molecule has 4 N–H and O–H groups in total. The van der Waals surface area contributed by atoms with Gasteiger partial charge in [0.05, 0.1) is 22.9 Å². The number of halogens is 2. The third kappa shape index (κ3) is 3.99. The molecule has 5 rings (SSSR count). The van der Waals surface area contributed by atoms with Crippen LogP contribution >= 0.6 is 0 Å². The Bertz CT molecular complexity index is 1280. The number of aromatic nitrogens is 2. The van der Waals surface area contributed by atoms with Crippen molar-refractivity contribution >= 4 is 23.3 Å². The van der Waals surface area contributed by atoms with E-state index in [0.717, 1.165) is 23.4 Å². The van der Waals surface area contributed by atoms with Crippen LogP contribution in [0.2, 0.25) is 0 Å². The Hall–Kier alpha value is -3.83. The van der Waals surface area contributed by atoms with Gasteiger partial charge in [-0.25, -0.2) is 18.9 Å². The van der Waals surface area contributed by atoms with Crippen LogP contribution in [-0.2, 0) is 4.79 Å². The number of rotatable bonds is 4. The molecule has 34 heavy (non-hydrogen) atoms. The summed E-state index contributed by atoms with van der Waals surface area (Å²) in [5, 5.41) is 15.2. The first-order chi connectivity index (χ1) is 16.3. The van der Waals surface area contributed by atoms with Crippen molar-refractivity contribution in [3.8, 4) is 0 Å². The molecule has 0 spiro atoms. The van der Waals surface area contributed by atoms with E-state index in [1.165, 1.54) is 4.68 Å². The van der Waals surface area contributed by atoms with Gasteiger partial charge in [0.15, 0.2) is 6.29 Å². The number of carbonyl (C=O) groups is 2. The highest BCUT2D eigenvalue weighted by Gasteiger charge is 2.45. The summed E-state index contributed by atoms with van der Waals surface area (Å²) < 4.78 is 28.7. The molecule has 2 aromatic carbocycles. The third-order valence-electron chi connectivity index (χ3n) is 5.88. The first-order valence-electron chi connectivity index (χ1n) is 10.8. The molecule has 0 aliphatic carbocycles. The van der Waals surface area contributed by atoms with Gasteiger partial charge >= 0.3 is 0 Å². The molecular formula is C23H23F2N7O2. The normalized spacial score (nSPS) is 21.8. The number of nitrogens with one attached hydrogen (secondary N) is 4. The summed E-state index contributed by atoms with van der Waals surface area (Å²) in [4.78, 5) is 25.6. The Morgan fingerprint density at radius 2 is 1.97 bits per heavy atom. The maximum atomic E-state index is 14.1. The molecule has 3 aromatic rings. The lowest BCUT2D eigenvalue weighted by atomic mass is 10.0. The van der Waals surface area contributed by atoms with E-state index in [0.29, 0.717) is 18.3 Å². The lowest BCUT2D eigenvalue weighted by molar-refractivity contribution is -0.129. The quantitative estimate of drug-likeness (QED) is 0.469. The van der Waals surface area contributed by atoms with E-state index in [2.05, 4.69) is 26.5 Å².